The van der Waals surface area contributed by atoms with E-state index >= 15 is 0 Å². The average molecular weight is 391 g/mol. The van der Waals surface area contributed by atoms with Crippen LogP contribution in [0.2, 0.25) is 0 Å². The predicted molar refractivity (Wildman–Crippen MR) is 104 cm³/mol. The van der Waals surface area contributed by atoms with E-state index in [4.69, 9.17) is 9.47 Å². The Labute approximate surface area is 168 Å². The molecular formula is C23H21NO5. The zero-order valence-electron chi connectivity index (χ0n) is 15.7. The summed E-state index contributed by atoms with van der Waals surface area (Å²) in [4.78, 5) is 37.0. The van der Waals surface area contributed by atoms with Crippen molar-refractivity contribution in [2.75, 3.05) is 11.9 Å². The Hall–Kier alpha value is -3.15. The predicted octanol–water partition coefficient (Wildman–Crippen LogP) is 3.08. The molecule has 2 bridgehead atoms. The van der Waals surface area contributed by atoms with Crippen molar-refractivity contribution in [2.24, 2.45) is 23.7 Å². The smallest absolute Gasteiger partial charge is 0.310 e. The second-order valence-corrected chi connectivity index (χ2v) is 8.01. The lowest BCUT2D eigenvalue weighted by molar-refractivity contribution is -0.145. The van der Waals surface area contributed by atoms with Gasteiger partial charge in [0.2, 0.25) is 5.91 Å². The van der Waals surface area contributed by atoms with Gasteiger partial charge >= 0.3 is 5.97 Å². The van der Waals surface area contributed by atoms with Gasteiger partial charge in [-0.05, 0) is 43.0 Å². The van der Waals surface area contributed by atoms with E-state index in [-0.39, 0.29) is 54.0 Å². The number of amides is 1. The summed E-state index contributed by atoms with van der Waals surface area (Å²) in [5.74, 6) is -0.0274. The second kappa shape index (κ2) is 7.03. The van der Waals surface area contributed by atoms with Crippen molar-refractivity contribution in [3.8, 4) is 5.75 Å². The van der Waals surface area contributed by atoms with Gasteiger partial charge in [0, 0.05) is 17.2 Å². The summed E-state index contributed by atoms with van der Waals surface area (Å²) in [7, 11) is 0. The van der Waals surface area contributed by atoms with Crippen LogP contribution in [-0.2, 0) is 14.3 Å². The Bertz CT molecular complexity index is 953. The van der Waals surface area contributed by atoms with Gasteiger partial charge in [-0.15, -0.1) is 0 Å². The number of carbonyl (C=O) groups is 3. The van der Waals surface area contributed by atoms with Crippen molar-refractivity contribution in [3.63, 3.8) is 0 Å². The van der Waals surface area contributed by atoms with E-state index < -0.39 is 0 Å². The molecule has 6 nitrogen and oxygen atoms in total. The number of nitrogens with one attached hydrogen (secondary N) is 1. The maximum absolute atomic E-state index is 12.8. The van der Waals surface area contributed by atoms with Gasteiger partial charge in [-0.3, -0.25) is 14.4 Å². The van der Waals surface area contributed by atoms with Gasteiger partial charge in [-0.2, -0.15) is 0 Å². The summed E-state index contributed by atoms with van der Waals surface area (Å²) >= 11 is 0. The molecule has 3 aliphatic rings. The first kappa shape index (κ1) is 17.9. The van der Waals surface area contributed by atoms with Crippen LogP contribution in [0.1, 0.15) is 23.2 Å². The number of hydrogen-bond donors (Lipinski definition) is 1. The number of Topliss-reactive ketones (excluding diaryl/α,β-unsaturated/α-hetero) is 1. The Morgan fingerprint density at radius 3 is 2.55 bits per heavy atom. The molecular weight excluding hydrogens is 370 g/mol. The largest absolute Gasteiger partial charge is 0.485 e. The number of benzene rings is 2. The summed E-state index contributed by atoms with van der Waals surface area (Å²) in [5, 5.41) is 2.92. The lowest BCUT2D eigenvalue weighted by atomic mass is 9.79. The summed E-state index contributed by atoms with van der Waals surface area (Å²) < 4.78 is 11.0. The molecule has 1 amide bonds. The molecule has 2 aromatic carbocycles. The molecule has 0 spiro atoms. The fourth-order valence-corrected chi connectivity index (χ4v) is 5.08. The van der Waals surface area contributed by atoms with Crippen LogP contribution in [-0.4, -0.2) is 30.4 Å². The van der Waals surface area contributed by atoms with Crippen molar-refractivity contribution >= 4 is 23.3 Å². The lowest BCUT2D eigenvalue weighted by Crippen LogP contribution is -2.35. The van der Waals surface area contributed by atoms with Crippen LogP contribution in [0.15, 0.2) is 54.6 Å². The fraction of sp³-hybridized carbons (Fsp3) is 0.348. The van der Waals surface area contributed by atoms with Crippen molar-refractivity contribution in [1.82, 2.24) is 0 Å². The molecule has 1 heterocycles. The minimum absolute atomic E-state index is 0.0246. The van der Waals surface area contributed by atoms with Crippen molar-refractivity contribution < 1.29 is 23.9 Å². The molecule has 29 heavy (non-hydrogen) atoms. The number of anilines is 1. The van der Waals surface area contributed by atoms with E-state index in [0.29, 0.717) is 17.0 Å². The second-order valence-electron chi connectivity index (χ2n) is 8.01. The van der Waals surface area contributed by atoms with Gasteiger partial charge in [-0.25, -0.2) is 0 Å². The third-order valence-electron chi connectivity index (χ3n) is 6.37. The van der Waals surface area contributed by atoms with Crippen LogP contribution in [0.5, 0.6) is 5.75 Å². The Morgan fingerprint density at radius 1 is 1.03 bits per heavy atom. The number of rotatable bonds is 6. The Kier molecular flexibility index (Phi) is 4.34. The van der Waals surface area contributed by atoms with E-state index in [0.717, 1.165) is 12.8 Å². The Balaban J connectivity index is 1.18. The highest BCUT2D eigenvalue weighted by molar-refractivity contribution is 5.97. The van der Waals surface area contributed by atoms with Gasteiger partial charge < -0.3 is 14.8 Å². The molecule has 2 aliphatic carbocycles. The summed E-state index contributed by atoms with van der Waals surface area (Å²) in [6.07, 6.45) is 1.73. The van der Waals surface area contributed by atoms with Crippen LogP contribution in [0.4, 0.5) is 5.69 Å². The monoisotopic (exact) mass is 391 g/mol. The average Bonchev–Trinajstić information content (AvgIpc) is 3.36. The summed E-state index contributed by atoms with van der Waals surface area (Å²) in [5.41, 5.74) is 1.25. The molecule has 5 atom stereocenters. The zero-order valence-corrected chi connectivity index (χ0v) is 15.7. The normalized spacial score (nSPS) is 28.8. The van der Waals surface area contributed by atoms with E-state index in [2.05, 4.69) is 5.32 Å². The van der Waals surface area contributed by atoms with Crippen LogP contribution in [0, 0.1) is 23.7 Å². The fourth-order valence-electron chi connectivity index (χ4n) is 5.08. The molecule has 0 radical (unpaired) electrons. The third-order valence-corrected chi connectivity index (χ3v) is 6.37. The van der Waals surface area contributed by atoms with Gasteiger partial charge in [0.25, 0.3) is 0 Å². The van der Waals surface area contributed by atoms with Gasteiger partial charge in [0.15, 0.2) is 12.4 Å². The maximum Gasteiger partial charge on any atom is 0.310 e. The van der Waals surface area contributed by atoms with Gasteiger partial charge in [0.05, 0.1) is 11.8 Å². The highest BCUT2D eigenvalue weighted by atomic mass is 16.6. The minimum atomic E-state index is -0.300. The molecule has 6 heteroatoms. The topological polar surface area (TPSA) is 81.7 Å². The Morgan fingerprint density at radius 2 is 1.79 bits per heavy atom. The molecule has 0 unspecified atom stereocenters. The van der Waals surface area contributed by atoms with Crippen molar-refractivity contribution in [2.45, 2.75) is 18.9 Å². The first-order valence-corrected chi connectivity index (χ1v) is 9.92. The number of ketones is 1. The molecule has 1 N–H and O–H groups in total. The molecule has 5 rings (SSSR count). The van der Waals surface area contributed by atoms with Crippen molar-refractivity contribution in [1.29, 1.82) is 0 Å². The van der Waals surface area contributed by atoms with Gasteiger partial charge in [0.1, 0.15) is 11.9 Å². The highest BCUT2D eigenvalue weighted by Gasteiger charge is 2.63. The van der Waals surface area contributed by atoms with Crippen LogP contribution in [0.3, 0.4) is 0 Å². The molecule has 2 saturated carbocycles. The molecule has 1 saturated heterocycles. The first-order valence-electron chi connectivity index (χ1n) is 9.92. The third kappa shape index (κ3) is 3.18. The molecule has 1 aliphatic heterocycles. The number of carbonyl (C=O) groups excluding carboxylic acids is 3. The van der Waals surface area contributed by atoms with E-state index in [1.165, 1.54) is 0 Å². The van der Waals surface area contributed by atoms with E-state index in [1.54, 1.807) is 36.4 Å². The van der Waals surface area contributed by atoms with Crippen molar-refractivity contribution in [3.05, 3.63) is 60.2 Å². The molecule has 3 fully saturated rings. The maximum atomic E-state index is 12.8. The summed E-state index contributed by atoms with van der Waals surface area (Å²) in [6.45, 7) is -0.0498. The van der Waals surface area contributed by atoms with Gasteiger partial charge in [-0.1, -0.05) is 30.3 Å². The molecule has 0 aromatic heterocycles. The first-order chi connectivity index (χ1) is 14.1. The minimum Gasteiger partial charge on any atom is -0.485 e. The van der Waals surface area contributed by atoms with E-state index in [9.17, 15) is 14.4 Å². The van der Waals surface area contributed by atoms with Crippen LogP contribution >= 0.6 is 0 Å². The van der Waals surface area contributed by atoms with E-state index in [1.807, 2.05) is 18.2 Å². The zero-order chi connectivity index (χ0) is 20.0. The number of esters is 1. The lowest BCUT2D eigenvalue weighted by Gasteiger charge is -2.23. The standard InChI is InChI=1S/C23H21NO5/c25-18(13-4-2-1-3-5-13)12-28-16-8-6-15(7-9-16)24-22(26)20-14-10-17-19(11-14)29-23(27)21(17)20/h1-9,14,17,19-21H,10-12H2,(H,24,26)/t14-,17+,19+,20-,21-/m1/s1. The summed E-state index contributed by atoms with van der Waals surface area (Å²) in [6, 6.07) is 15.9. The highest BCUT2D eigenvalue weighted by Crippen LogP contribution is 2.57. The number of hydrogen-bond acceptors (Lipinski definition) is 5. The number of fused-ring (bicyclic) bond motifs is 1. The van der Waals surface area contributed by atoms with Crippen LogP contribution < -0.4 is 10.1 Å². The number of ether oxygens (including phenoxy) is 2. The van der Waals surface area contributed by atoms with Crippen LogP contribution in [0.25, 0.3) is 0 Å². The quantitative estimate of drug-likeness (QED) is 0.605. The SMILES string of the molecule is O=C(COc1ccc(NC(=O)[C@@H]2[C@@H]3C[C@@H]4[C@H]2C(=O)O[C@H]4C3)cc1)c1ccccc1. The molecule has 2 aromatic rings. The molecule has 148 valence electrons.